The van der Waals surface area contributed by atoms with Gasteiger partial charge in [0.2, 0.25) is 0 Å². The molecule has 1 aromatic carbocycles. The van der Waals surface area contributed by atoms with Crippen LogP contribution in [0.1, 0.15) is 31.6 Å². The molecule has 0 radical (unpaired) electrons. The molecule has 0 fully saturated rings. The summed E-state index contributed by atoms with van der Waals surface area (Å²) in [7, 11) is 0. The van der Waals surface area contributed by atoms with Gasteiger partial charge in [-0.05, 0) is 30.7 Å². The first-order valence-electron chi connectivity index (χ1n) is 7.55. The first-order chi connectivity index (χ1) is 11.5. The molecular weight excluding hydrogens is 376 g/mol. The van der Waals surface area contributed by atoms with E-state index in [9.17, 15) is 9.59 Å². The third-order valence-electron chi connectivity index (χ3n) is 3.35. The van der Waals surface area contributed by atoms with Crippen molar-refractivity contribution >= 4 is 33.6 Å². The molecule has 1 atom stereocenters. The van der Waals surface area contributed by atoms with Crippen molar-refractivity contribution < 1.29 is 14.7 Å². The average Bonchev–Trinajstić information content (AvgIpc) is 2.96. The first kappa shape index (κ1) is 18.0. The molecule has 0 saturated carbocycles. The van der Waals surface area contributed by atoms with Crippen molar-refractivity contribution in [1.29, 1.82) is 0 Å². The van der Waals surface area contributed by atoms with E-state index in [1.807, 2.05) is 19.1 Å². The van der Waals surface area contributed by atoms with Crippen LogP contribution in [-0.2, 0) is 11.3 Å². The molecule has 2 aromatic rings. The number of carboxylic acids is 1. The van der Waals surface area contributed by atoms with Crippen LogP contribution in [-0.4, -0.2) is 26.7 Å². The molecule has 0 bridgehead atoms. The molecule has 1 heterocycles. The van der Waals surface area contributed by atoms with Crippen LogP contribution in [0.4, 0.5) is 10.5 Å². The highest BCUT2D eigenvalue weighted by molar-refractivity contribution is 9.10. The van der Waals surface area contributed by atoms with Crippen LogP contribution in [0, 0.1) is 0 Å². The molecular formula is C16H19BrN4O3. The predicted octanol–water partition coefficient (Wildman–Crippen LogP) is 3.39. The van der Waals surface area contributed by atoms with Gasteiger partial charge in [0, 0.05) is 22.6 Å². The number of aromatic nitrogens is 2. The highest BCUT2D eigenvalue weighted by Gasteiger charge is 2.19. The summed E-state index contributed by atoms with van der Waals surface area (Å²) in [5.74, 6) is -0.422. The molecule has 8 heteroatoms. The lowest BCUT2D eigenvalue weighted by Crippen LogP contribution is -2.34. The average molecular weight is 395 g/mol. The molecule has 0 unspecified atom stereocenters. The van der Waals surface area contributed by atoms with E-state index in [0.717, 1.165) is 10.9 Å². The van der Waals surface area contributed by atoms with Gasteiger partial charge in [-0.25, -0.2) is 9.78 Å². The number of hydrogen-bond acceptors (Lipinski definition) is 3. The summed E-state index contributed by atoms with van der Waals surface area (Å²) in [6, 6.07) is 6.51. The van der Waals surface area contributed by atoms with E-state index in [1.54, 1.807) is 18.3 Å². The topological polar surface area (TPSA) is 96.3 Å². The summed E-state index contributed by atoms with van der Waals surface area (Å²) in [5.41, 5.74) is 0.667. The Hall–Kier alpha value is -2.35. The molecule has 0 spiro atoms. The zero-order valence-electron chi connectivity index (χ0n) is 13.2. The summed E-state index contributed by atoms with van der Waals surface area (Å²) in [6.07, 6.45) is 4.61. The number of halogens is 1. The van der Waals surface area contributed by atoms with Gasteiger partial charge in [-0.2, -0.15) is 0 Å². The zero-order valence-corrected chi connectivity index (χ0v) is 14.8. The Morgan fingerprint density at radius 1 is 1.33 bits per heavy atom. The van der Waals surface area contributed by atoms with E-state index in [0.29, 0.717) is 17.9 Å². The van der Waals surface area contributed by atoms with Crippen molar-refractivity contribution in [3.8, 4) is 0 Å². The van der Waals surface area contributed by atoms with Gasteiger partial charge < -0.3 is 20.3 Å². The number of carboxylic acid groups (broad SMARTS) is 1. The van der Waals surface area contributed by atoms with Crippen molar-refractivity contribution in [1.82, 2.24) is 14.9 Å². The molecule has 0 aliphatic carbocycles. The molecule has 3 N–H and O–H groups in total. The number of hydrogen-bond donors (Lipinski definition) is 3. The third kappa shape index (κ3) is 5.09. The summed E-state index contributed by atoms with van der Waals surface area (Å²) >= 11 is 3.34. The summed E-state index contributed by atoms with van der Waals surface area (Å²) in [4.78, 5) is 27.4. The minimum Gasteiger partial charge on any atom is -0.480 e. The number of aliphatic carboxylic acids is 1. The largest absolute Gasteiger partial charge is 0.480 e. The Morgan fingerprint density at radius 3 is 2.67 bits per heavy atom. The lowest BCUT2D eigenvalue weighted by molar-refractivity contribution is -0.137. The molecule has 128 valence electrons. The monoisotopic (exact) mass is 394 g/mol. The van der Waals surface area contributed by atoms with Gasteiger partial charge in [-0.15, -0.1) is 0 Å². The Kier molecular flexibility index (Phi) is 6.36. The molecule has 7 nitrogen and oxygen atoms in total. The summed E-state index contributed by atoms with van der Waals surface area (Å²) in [6.45, 7) is 1.80. The van der Waals surface area contributed by atoms with E-state index in [2.05, 4.69) is 31.5 Å². The number of carbonyl (C=O) groups is 2. The molecule has 1 aromatic heterocycles. The maximum atomic E-state index is 12.2. The Morgan fingerprint density at radius 2 is 2.04 bits per heavy atom. The fourth-order valence-electron chi connectivity index (χ4n) is 2.32. The van der Waals surface area contributed by atoms with Gasteiger partial charge in [0.05, 0.1) is 6.04 Å². The second-order valence-electron chi connectivity index (χ2n) is 5.25. The Labute approximate surface area is 148 Å². The second kappa shape index (κ2) is 8.49. The minimum atomic E-state index is -0.955. The summed E-state index contributed by atoms with van der Waals surface area (Å²) in [5, 5.41) is 14.6. The highest BCUT2D eigenvalue weighted by atomic mass is 79.9. The predicted molar refractivity (Wildman–Crippen MR) is 93.8 cm³/mol. The molecule has 2 amide bonds. The van der Waals surface area contributed by atoms with E-state index in [4.69, 9.17) is 5.11 Å². The second-order valence-corrected chi connectivity index (χ2v) is 6.17. The maximum Gasteiger partial charge on any atom is 0.323 e. The van der Waals surface area contributed by atoms with Gasteiger partial charge in [0.15, 0.2) is 0 Å². The number of imidazole rings is 1. The van der Waals surface area contributed by atoms with Crippen molar-refractivity contribution in [2.45, 2.75) is 32.4 Å². The maximum absolute atomic E-state index is 12.2. The van der Waals surface area contributed by atoms with Crippen LogP contribution in [0.25, 0.3) is 0 Å². The van der Waals surface area contributed by atoms with Crippen LogP contribution in [0.15, 0.2) is 41.1 Å². The van der Waals surface area contributed by atoms with Crippen LogP contribution in [0.3, 0.4) is 0 Å². The van der Waals surface area contributed by atoms with Crippen molar-refractivity contribution in [3.63, 3.8) is 0 Å². The number of anilines is 1. The molecule has 0 aliphatic rings. The standard InChI is InChI=1S/C16H19BrN4O3/c1-2-3-13(15-18-8-9-21(15)10-14(22)23)20-16(24)19-12-6-4-11(17)5-7-12/h4-9,13H,2-3,10H2,1H3,(H,22,23)(H2,19,20,24)/t13-/m0/s1. The Balaban J connectivity index is 2.07. The number of rotatable bonds is 7. The van der Waals surface area contributed by atoms with Crippen LogP contribution in [0.5, 0.6) is 0 Å². The first-order valence-corrected chi connectivity index (χ1v) is 8.34. The third-order valence-corrected chi connectivity index (χ3v) is 3.88. The molecule has 2 rings (SSSR count). The number of nitrogens with one attached hydrogen (secondary N) is 2. The van der Waals surface area contributed by atoms with Crippen molar-refractivity contribution in [3.05, 3.63) is 47.0 Å². The van der Waals surface area contributed by atoms with Gasteiger partial charge in [-0.1, -0.05) is 29.3 Å². The lowest BCUT2D eigenvalue weighted by atomic mass is 10.1. The summed E-state index contributed by atoms with van der Waals surface area (Å²) < 4.78 is 2.45. The Bertz CT molecular complexity index is 700. The van der Waals surface area contributed by atoms with E-state index in [1.165, 1.54) is 10.8 Å². The number of amides is 2. The van der Waals surface area contributed by atoms with E-state index >= 15 is 0 Å². The molecule has 24 heavy (non-hydrogen) atoms. The fraction of sp³-hybridized carbons (Fsp3) is 0.312. The smallest absolute Gasteiger partial charge is 0.323 e. The van der Waals surface area contributed by atoms with E-state index in [-0.39, 0.29) is 18.6 Å². The van der Waals surface area contributed by atoms with Crippen LogP contribution < -0.4 is 10.6 Å². The van der Waals surface area contributed by atoms with Gasteiger partial charge >= 0.3 is 12.0 Å². The van der Waals surface area contributed by atoms with Gasteiger partial charge in [0.1, 0.15) is 12.4 Å². The van der Waals surface area contributed by atoms with E-state index < -0.39 is 5.97 Å². The fourth-order valence-corrected chi connectivity index (χ4v) is 2.59. The van der Waals surface area contributed by atoms with Crippen LogP contribution in [0.2, 0.25) is 0 Å². The quantitative estimate of drug-likeness (QED) is 0.670. The lowest BCUT2D eigenvalue weighted by Gasteiger charge is -2.19. The molecule has 0 saturated heterocycles. The normalized spacial score (nSPS) is 11.8. The van der Waals surface area contributed by atoms with Gasteiger partial charge in [-0.3, -0.25) is 4.79 Å². The number of benzene rings is 1. The zero-order chi connectivity index (χ0) is 17.5. The SMILES string of the molecule is CCC[C@H](NC(=O)Nc1ccc(Br)cc1)c1nccn1CC(=O)O. The van der Waals surface area contributed by atoms with Crippen molar-refractivity contribution in [2.75, 3.05) is 5.32 Å². The minimum absolute atomic E-state index is 0.189. The number of nitrogens with zero attached hydrogens (tertiary/aromatic N) is 2. The highest BCUT2D eigenvalue weighted by Crippen LogP contribution is 2.18. The van der Waals surface area contributed by atoms with Crippen molar-refractivity contribution in [2.24, 2.45) is 0 Å². The molecule has 0 aliphatic heterocycles. The number of carbonyl (C=O) groups excluding carboxylic acids is 1. The number of urea groups is 1. The van der Waals surface area contributed by atoms with Crippen LogP contribution >= 0.6 is 15.9 Å². The van der Waals surface area contributed by atoms with Gasteiger partial charge in [0.25, 0.3) is 0 Å².